The van der Waals surface area contributed by atoms with Crippen molar-refractivity contribution in [3.05, 3.63) is 81.9 Å². The smallest absolute Gasteiger partial charge is 0.0130 e. The maximum absolute atomic E-state index is 2.34. The van der Waals surface area contributed by atoms with E-state index in [4.69, 9.17) is 0 Å². The number of halogens is 1. The molecule has 0 unspecified atom stereocenters. The average molecular weight is 370 g/mol. The quantitative estimate of drug-likeness (QED) is 0.490. The molecule has 0 aliphatic carbocycles. The van der Waals surface area contributed by atoms with Crippen LogP contribution in [0.15, 0.2) is 72.8 Å². The lowest BCUT2D eigenvalue weighted by atomic mass is 9.96. The van der Waals surface area contributed by atoms with Gasteiger partial charge >= 0.3 is 0 Å². The molecule has 0 heterocycles. The lowest BCUT2D eigenvalue weighted by Gasteiger charge is -2.08. The maximum atomic E-state index is 2.34. The summed E-state index contributed by atoms with van der Waals surface area (Å²) in [6, 6.07) is 25.9. The lowest BCUT2D eigenvalue weighted by Crippen LogP contribution is -1.84. The molecule has 0 aliphatic rings. The predicted octanol–water partition coefficient (Wildman–Crippen LogP) is 5.93. The minimum absolute atomic E-state index is 1.26. The third-order valence-corrected chi connectivity index (χ3v) is 4.22. The van der Waals surface area contributed by atoms with Crippen LogP contribution < -0.4 is 0 Å². The molecule has 0 radical (unpaired) electrons. The van der Waals surface area contributed by atoms with Crippen LogP contribution >= 0.6 is 22.6 Å². The Morgan fingerprint density at radius 3 is 2.10 bits per heavy atom. The summed E-state index contributed by atoms with van der Waals surface area (Å²) in [6.07, 6.45) is 0. The SMILES string of the molecule is Cc1ccccc1-c1cccc(-c2ccc(I)cc2)c1. The van der Waals surface area contributed by atoms with Crippen molar-refractivity contribution in [2.24, 2.45) is 0 Å². The minimum Gasteiger partial charge on any atom is -0.0620 e. The van der Waals surface area contributed by atoms with E-state index in [1.54, 1.807) is 0 Å². The first-order chi connectivity index (χ1) is 9.74. The van der Waals surface area contributed by atoms with E-state index in [-0.39, 0.29) is 0 Å². The Hall–Kier alpha value is -1.61. The fourth-order valence-electron chi connectivity index (χ4n) is 2.41. The molecule has 0 aromatic heterocycles. The van der Waals surface area contributed by atoms with Gasteiger partial charge in [0, 0.05) is 3.57 Å². The summed E-state index contributed by atoms with van der Waals surface area (Å²) in [5.74, 6) is 0. The first-order valence-electron chi connectivity index (χ1n) is 6.66. The van der Waals surface area contributed by atoms with Crippen LogP contribution in [0.5, 0.6) is 0 Å². The zero-order valence-corrected chi connectivity index (χ0v) is 13.5. The van der Waals surface area contributed by atoms with Crippen LogP contribution in [0.1, 0.15) is 5.56 Å². The van der Waals surface area contributed by atoms with Gasteiger partial charge in [-0.05, 0) is 75.5 Å². The van der Waals surface area contributed by atoms with Gasteiger partial charge in [-0.25, -0.2) is 0 Å². The highest BCUT2D eigenvalue weighted by Gasteiger charge is 2.03. The van der Waals surface area contributed by atoms with E-state index in [0.29, 0.717) is 0 Å². The fourth-order valence-corrected chi connectivity index (χ4v) is 2.77. The third-order valence-electron chi connectivity index (χ3n) is 3.50. The normalized spacial score (nSPS) is 10.5. The van der Waals surface area contributed by atoms with E-state index in [2.05, 4.69) is 102 Å². The van der Waals surface area contributed by atoms with Crippen molar-refractivity contribution in [3.63, 3.8) is 0 Å². The topological polar surface area (TPSA) is 0 Å². The number of hydrogen-bond acceptors (Lipinski definition) is 0. The summed E-state index contributed by atoms with van der Waals surface area (Å²) < 4.78 is 1.27. The molecule has 1 heteroatoms. The highest BCUT2D eigenvalue weighted by Crippen LogP contribution is 2.28. The zero-order valence-electron chi connectivity index (χ0n) is 11.3. The second-order valence-electron chi connectivity index (χ2n) is 4.90. The van der Waals surface area contributed by atoms with Crippen molar-refractivity contribution in [1.82, 2.24) is 0 Å². The Balaban J connectivity index is 2.06. The Kier molecular flexibility index (Phi) is 3.88. The molecule has 98 valence electrons. The van der Waals surface area contributed by atoms with Crippen LogP contribution in [0.25, 0.3) is 22.3 Å². The Labute approximate surface area is 133 Å². The van der Waals surface area contributed by atoms with Gasteiger partial charge in [0.15, 0.2) is 0 Å². The van der Waals surface area contributed by atoms with Crippen LogP contribution in [0.2, 0.25) is 0 Å². The second kappa shape index (κ2) is 5.80. The number of aryl methyl sites for hydroxylation is 1. The van der Waals surface area contributed by atoms with Crippen molar-refractivity contribution in [3.8, 4) is 22.3 Å². The van der Waals surface area contributed by atoms with Gasteiger partial charge in [0.2, 0.25) is 0 Å². The van der Waals surface area contributed by atoms with Crippen molar-refractivity contribution in [1.29, 1.82) is 0 Å². The van der Waals surface area contributed by atoms with E-state index in [0.717, 1.165) is 0 Å². The van der Waals surface area contributed by atoms with Crippen molar-refractivity contribution in [2.75, 3.05) is 0 Å². The average Bonchev–Trinajstić information content (AvgIpc) is 2.49. The van der Waals surface area contributed by atoms with Crippen LogP contribution in [0, 0.1) is 10.5 Å². The van der Waals surface area contributed by atoms with Crippen LogP contribution in [-0.2, 0) is 0 Å². The summed E-state index contributed by atoms with van der Waals surface area (Å²) in [6.45, 7) is 2.16. The van der Waals surface area contributed by atoms with E-state index in [9.17, 15) is 0 Å². The summed E-state index contributed by atoms with van der Waals surface area (Å²) in [7, 11) is 0. The molecule has 0 nitrogen and oxygen atoms in total. The van der Waals surface area contributed by atoms with Gasteiger partial charge in [-0.2, -0.15) is 0 Å². The van der Waals surface area contributed by atoms with Crippen molar-refractivity contribution >= 4 is 22.6 Å². The Bertz CT molecular complexity index is 727. The monoisotopic (exact) mass is 370 g/mol. The van der Waals surface area contributed by atoms with E-state index < -0.39 is 0 Å². The van der Waals surface area contributed by atoms with Crippen molar-refractivity contribution in [2.45, 2.75) is 6.92 Å². The molecule has 20 heavy (non-hydrogen) atoms. The molecule has 0 aliphatic heterocycles. The molecule has 3 aromatic rings. The van der Waals surface area contributed by atoms with Gasteiger partial charge < -0.3 is 0 Å². The molecule has 0 fully saturated rings. The molecule has 0 atom stereocenters. The minimum atomic E-state index is 1.26. The van der Waals surface area contributed by atoms with Gasteiger partial charge in [0.1, 0.15) is 0 Å². The zero-order chi connectivity index (χ0) is 13.9. The van der Waals surface area contributed by atoms with Crippen molar-refractivity contribution < 1.29 is 0 Å². The molecule has 3 rings (SSSR count). The van der Waals surface area contributed by atoms with Gasteiger partial charge in [-0.1, -0.05) is 54.6 Å². The Morgan fingerprint density at radius 2 is 1.35 bits per heavy atom. The number of rotatable bonds is 2. The number of benzene rings is 3. The standard InChI is InChI=1S/C19H15I/c1-14-5-2-3-8-19(14)17-7-4-6-16(13-17)15-9-11-18(20)12-10-15/h2-13H,1H3. The fraction of sp³-hybridized carbons (Fsp3) is 0.0526. The second-order valence-corrected chi connectivity index (χ2v) is 6.15. The highest BCUT2D eigenvalue weighted by atomic mass is 127. The molecular formula is C19H15I. The molecule has 0 bridgehead atoms. The van der Waals surface area contributed by atoms with Gasteiger partial charge in [-0.3, -0.25) is 0 Å². The third kappa shape index (κ3) is 2.78. The molecule has 0 saturated heterocycles. The summed E-state index contributed by atoms with van der Waals surface area (Å²) in [5, 5.41) is 0. The van der Waals surface area contributed by atoms with E-state index in [1.165, 1.54) is 31.4 Å². The van der Waals surface area contributed by atoms with Crippen LogP contribution in [0.3, 0.4) is 0 Å². The molecule has 0 spiro atoms. The number of hydrogen-bond donors (Lipinski definition) is 0. The Morgan fingerprint density at radius 1 is 0.650 bits per heavy atom. The molecule has 3 aromatic carbocycles. The van der Waals surface area contributed by atoms with Crippen LogP contribution in [0.4, 0.5) is 0 Å². The highest BCUT2D eigenvalue weighted by molar-refractivity contribution is 14.1. The summed E-state index contributed by atoms with van der Waals surface area (Å²) >= 11 is 2.34. The summed E-state index contributed by atoms with van der Waals surface area (Å²) in [5.41, 5.74) is 6.43. The van der Waals surface area contributed by atoms with E-state index in [1.807, 2.05) is 0 Å². The maximum Gasteiger partial charge on any atom is 0.0130 e. The predicted molar refractivity (Wildman–Crippen MR) is 94.8 cm³/mol. The summed E-state index contributed by atoms with van der Waals surface area (Å²) in [4.78, 5) is 0. The molecule has 0 saturated carbocycles. The largest absolute Gasteiger partial charge is 0.0620 e. The first kappa shape index (κ1) is 13.4. The molecular weight excluding hydrogens is 355 g/mol. The molecule has 0 amide bonds. The lowest BCUT2D eigenvalue weighted by molar-refractivity contribution is 1.46. The first-order valence-corrected chi connectivity index (χ1v) is 7.74. The van der Waals surface area contributed by atoms with Crippen LogP contribution in [-0.4, -0.2) is 0 Å². The van der Waals surface area contributed by atoms with Gasteiger partial charge in [0.05, 0.1) is 0 Å². The van der Waals surface area contributed by atoms with Gasteiger partial charge in [-0.15, -0.1) is 0 Å². The molecule has 0 N–H and O–H groups in total. The van der Waals surface area contributed by atoms with Gasteiger partial charge in [0.25, 0.3) is 0 Å². The van der Waals surface area contributed by atoms with E-state index >= 15 is 0 Å².